The van der Waals surface area contributed by atoms with Gasteiger partial charge in [-0.1, -0.05) is 18.2 Å². The van der Waals surface area contributed by atoms with Crippen molar-refractivity contribution in [1.29, 1.82) is 0 Å². The number of aryl methyl sites for hydroxylation is 1. The van der Waals surface area contributed by atoms with Gasteiger partial charge in [-0.2, -0.15) is 28.6 Å². The predicted molar refractivity (Wildman–Crippen MR) is 145 cm³/mol. The summed E-state index contributed by atoms with van der Waals surface area (Å²) < 4.78 is 44.3. The third-order valence-electron chi connectivity index (χ3n) is 6.12. The average Bonchev–Trinajstić information content (AvgIpc) is 3.29. The number of sulfonamides is 1. The zero-order chi connectivity index (χ0) is 27.4. The van der Waals surface area contributed by atoms with Gasteiger partial charge in [0.15, 0.2) is 5.76 Å². The molecule has 1 aromatic heterocycles. The van der Waals surface area contributed by atoms with Gasteiger partial charge in [-0.25, -0.2) is 4.39 Å². The number of furan rings is 1. The van der Waals surface area contributed by atoms with Gasteiger partial charge in [0, 0.05) is 23.2 Å². The molecule has 2 N–H and O–H groups in total. The maximum atomic E-state index is 13.2. The summed E-state index contributed by atoms with van der Waals surface area (Å²) >= 11 is 0. The molecule has 39 heavy (non-hydrogen) atoms. The van der Waals surface area contributed by atoms with Gasteiger partial charge in [-0.15, -0.1) is 0 Å². The normalized spacial score (nSPS) is 14.4. The minimum atomic E-state index is -3.99. The molecule has 1 aliphatic carbocycles. The molecule has 0 saturated carbocycles. The number of amides is 1. The van der Waals surface area contributed by atoms with Crippen LogP contribution in [0.5, 0.6) is 0 Å². The first kappa shape index (κ1) is 26.0. The van der Waals surface area contributed by atoms with E-state index in [0.717, 1.165) is 30.0 Å². The quantitative estimate of drug-likeness (QED) is 0.205. The molecule has 9 nitrogen and oxygen atoms in total. The largest absolute Gasteiger partial charge is 0.455 e. The number of nitrogens with one attached hydrogen (secondary N) is 2. The van der Waals surface area contributed by atoms with Crippen molar-refractivity contribution >= 4 is 38.7 Å². The summed E-state index contributed by atoms with van der Waals surface area (Å²) in [7, 11) is -3.99. The highest BCUT2D eigenvalue weighted by Crippen LogP contribution is 2.31. The van der Waals surface area contributed by atoms with Crippen LogP contribution in [0.25, 0.3) is 0 Å². The van der Waals surface area contributed by atoms with Crippen molar-refractivity contribution in [3.63, 3.8) is 0 Å². The molecule has 198 valence electrons. The van der Waals surface area contributed by atoms with E-state index >= 15 is 0 Å². The molecule has 11 heteroatoms. The number of hydrogen-bond donors (Lipinski definition) is 2. The van der Waals surface area contributed by atoms with E-state index in [1.165, 1.54) is 0 Å². The second-order valence-corrected chi connectivity index (χ2v) is 10.5. The number of halogens is 1. The predicted octanol–water partition coefficient (Wildman–Crippen LogP) is 6.41. The molecule has 4 aromatic rings. The van der Waals surface area contributed by atoms with Crippen LogP contribution in [-0.4, -0.2) is 20.0 Å². The summed E-state index contributed by atoms with van der Waals surface area (Å²) in [5, 5.41) is 15.3. The van der Waals surface area contributed by atoms with E-state index in [-0.39, 0.29) is 10.7 Å². The minimum Gasteiger partial charge on any atom is -0.455 e. The summed E-state index contributed by atoms with van der Waals surface area (Å²) in [5.41, 5.74) is 3.56. The first-order chi connectivity index (χ1) is 18.8. The Morgan fingerprint density at radius 1 is 0.897 bits per heavy atom. The summed E-state index contributed by atoms with van der Waals surface area (Å²) in [6, 6.07) is 20.7. The Kier molecular flexibility index (Phi) is 7.33. The molecule has 1 amide bonds. The summed E-state index contributed by atoms with van der Waals surface area (Å²) in [6.07, 6.45) is 1.77. The van der Waals surface area contributed by atoms with Gasteiger partial charge < -0.3 is 9.73 Å². The second-order valence-electron chi connectivity index (χ2n) is 8.85. The van der Waals surface area contributed by atoms with Crippen molar-refractivity contribution in [1.82, 2.24) is 4.83 Å². The zero-order valence-corrected chi connectivity index (χ0v) is 21.7. The highest BCUT2D eigenvalue weighted by molar-refractivity contribution is 7.89. The highest BCUT2D eigenvalue weighted by atomic mass is 32.2. The fraction of sp³-hybridized carbons (Fsp3) is 0.143. The molecule has 0 fully saturated rings. The number of anilines is 1. The number of carbonyl (C=O) groups is 1. The number of azo groups is 1. The molecule has 0 saturated heterocycles. The number of benzene rings is 3. The number of fused-ring (bicyclic) bond motifs is 1. The van der Waals surface area contributed by atoms with Gasteiger partial charge in [0.05, 0.1) is 22.0 Å². The Bertz CT molecular complexity index is 1660. The van der Waals surface area contributed by atoms with Crippen LogP contribution < -0.4 is 10.1 Å². The van der Waals surface area contributed by atoms with Gasteiger partial charge in [0.1, 0.15) is 11.6 Å². The van der Waals surface area contributed by atoms with Gasteiger partial charge in [0.2, 0.25) is 0 Å². The van der Waals surface area contributed by atoms with Crippen LogP contribution in [0, 0.1) is 12.7 Å². The molecule has 0 unspecified atom stereocenters. The molecule has 0 bridgehead atoms. The standard InChI is InChI=1S/C28H24FN5O4S/c1-18-26-24(33-34-39(36,37)23-16-10-19(29)11-17-23)8-5-9-25(26)38-27(18)28(35)30-20-12-14-22(15-13-20)32-31-21-6-3-2-4-7-21/h2-4,6-7,10-17,34H,5,8-9H2,1H3,(H,30,35)/b32-31?,33-24+. The van der Waals surface area contributed by atoms with Crippen LogP contribution in [-0.2, 0) is 16.4 Å². The molecule has 5 rings (SSSR count). The molecule has 1 heterocycles. The highest BCUT2D eigenvalue weighted by Gasteiger charge is 2.28. The molecule has 0 aliphatic heterocycles. The maximum Gasteiger partial charge on any atom is 0.291 e. The van der Waals surface area contributed by atoms with E-state index < -0.39 is 21.7 Å². The Balaban J connectivity index is 1.31. The topological polar surface area (TPSA) is 125 Å². The first-order valence-electron chi connectivity index (χ1n) is 12.1. The Morgan fingerprint density at radius 3 is 2.26 bits per heavy atom. The SMILES string of the molecule is Cc1c(C(=O)Nc2ccc(N=Nc3ccccc3)cc2)oc2c1/C(=N/NS(=O)(=O)c1ccc(F)cc1)CCC2. The van der Waals surface area contributed by atoms with Crippen molar-refractivity contribution < 1.29 is 22.0 Å². The van der Waals surface area contributed by atoms with E-state index in [2.05, 4.69) is 25.5 Å². The average molecular weight is 546 g/mol. The van der Waals surface area contributed by atoms with Crippen LogP contribution in [0.15, 0.2) is 104 Å². The maximum absolute atomic E-state index is 13.2. The van der Waals surface area contributed by atoms with Crippen molar-refractivity contribution in [2.45, 2.75) is 31.1 Å². The third kappa shape index (κ3) is 5.93. The lowest BCUT2D eigenvalue weighted by Crippen LogP contribution is -2.22. The fourth-order valence-corrected chi connectivity index (χ4v) is 5.02. The van der Waals surface area contributed by atoms with Crippen LogP contribution in [0.2, 0.25) is 0 Å². The summed E-state index contributed by atoms with van der Waals surface area (Å²) in [5.74, 6) is -0.280. The van der Waals surface area contributed by atoms with Crippen LogP contribution in [0.1, 0.15) is 40.3 Å². The molecule has 1 aliphatic rings. The summed E-state index contributed by atoms with van der Waals surface area (Å²) in [6.45, 7) is 1.74. The van der Waals surface area contributed by atoms with E-state index in [4.69, 9.17) is 4.42 Å². The number of nitrogens with zero attached hydrogens (tertiary/aromatic N) is 3. The van der Waals surface area contributed by atoms with E-state index in [1.807, 2.05) is 30.3 Å². The van der Waals surface area contributed by atoms with Crippen molar-refractivity contribution in [3.8, 4) is 0 Å². The van der Waals surface area contributed by atoms with Gasteiger partial charge in [-0.3, -0.25) is 4.79 Å². The lowest BCUT2D eigenvalue weighted by atomic mass is 9.93. The molecule has 0 spiro atoms. The van der Waals surface area contributed by atoms with Gasteiger partial charge in [0.25, 0.3) is 15.9 Å². The number of carbonyl (C=O) groups excluding carboxylic acids is 1. The molecular formula is C28H24FN5O4S. The lowest BCUT2D eigenvalue weighted by Gasteiger charge is -2.14. The van der Waals surface area contributed by atoms with Crippen LogP contribution in [0.3, 0.4) is 0 Å². The van der Waals surface area contributed by atoms with Crippen molar-refractivity contribution in [3.05, 3.63) is 107 Å². The minimum absolute atomic E-state index is 0.110. The Labute approximate surface area is 224 Å². The number of hydrogen-bond acceptors (Lipinski definition) is 7. The monoisotopic (exact) mass is 545 g/mol. The zero-order valence-electron chi connectivity index (χ0n) is 20.9. The molecular weight excluding hydrogens is 521 g/mol. The smallest absolute Gasteiger partial charge is 0.291 e. The second kappa shape index (κ2) is 11.0. The fourth-order valence-electron chi connectivity index (χ4n) is 4.19. The lowest BCUT2D eigenvalue weighted by molar-refractivity contribution is 0.0994. The Hall–Kier alpha value is -4.64. The molecule has 3 aromatic carbocycles. The van der Waals surface area contributed by atoms with E-state index in [1.54, 1.807) is 31.2 Å². The van der Waals surface area contributed by atoms with Crippen molar-refractivity contribution in [2.24, 2.45) is 15.3 Å². The van der Waals surface area contributed by atoms with Crippen LogP contribution >= 0.6 is 0 Å². The van der Waals surface area contributed by atoms with Crippen LogP contribution in [0.4, 0.5) is 21.5 Å². The molecule has 0 atom stereocenters. The Morgan fingerprint density at radius 2 is 1.56 bits per heavy atom. The van der Waals surface area contributed by atoms with Crippen molar-refractivity contribution in [2.75, 3.05) is 5.32 Å². The van der Waals surface area contributed by atoms with Gasteiger partial charge >= 0.3 is 0 Å². The third-order valence-corrected chi connectivity index (χ3v) is 7.34. The van der Waals surface area contributed by atoms with E-state index in [0.29, 0.717) is 53.2 Å². The van der Waals surface area contributed by atoms with E-state index in [9.17, 15) is 17.6 Å². The first-order valence-corrected chi connectivity index (χ1v) is 13.6. The number of rotatable bonds is 7. The molecule has 0 radical (unpaired) electrons. The van der Waals surface area contributed by atoms with Gasteiger partial charge in [-0.05, 0) is 80.4 Å². The summed E-state index contributed by atoms with van der Waals surface area (Å²) in [4.78, 5) is 15.2. The number of hydrazone groups is 1.